The molecule has 1 aromatic heterocycles. The largest absolute Gasteiger partial charge is 0.372 e. The van der Waals surface area contributed by atoms with Crippen LogP contribution in [0.25, 0.3) is 0 Å². The summed E-state index contributed by atoms with van der Waals surface area (Å²) in [5.41, 5.74) is 3.85. The predicted octanol–water partition coefficient (Wildman–Crippen LogP) is 3.37. The molecule has 0 saturated carbocycles. The van der Waals surface area contributed by atoms with Crippen LogP contribution in [0, 0.1) is 6.92 Å². The van der Waals surface area contributed by atoms with Crippen molar-refractivity contribution >= 4 is 5.69 Å². The Morgan fingerprint density at radius 1 is 1.04 bits per heavy atom. The molecule has 2 aliphatic rings. The molecule has 2 aliphatic heterocycles. The van der Waals surface area contributed by atoms with Gasteiger partial charge in [0.15, 0.2) is 0 Å². The van der Waals surface area contributed by atoms with Gasteiger partial charge in [0.1, 0.15) is 5.82 Å². The van der Waals surface area contributed by atoms with Crippen molar-refractivity contribution in [3.63, 3.8) is 0 Å². The maximum Gasteiger partial charge on any atom is 0.132 e. The number of likely N-dealkylation sites (tertiary alicyclic amines) is 1. The van der Waals surface area contributed by atoms with Gasteiger partial charge in [0, 0.05) is 49.7 Å². The molecule has 1 unspecified atom stereocenters. The van der Waals surface area contributed by atoms with Crippen LogP contribution in [0.5, 0.6) is 0 Å². The van der Waals surface area contributed by atoms with Gasteiger partial charge in [-0.15, -0.1) is 0 Å². The van der Waals surface area contributed by atoms with Gasteiger partial charge < -0.3 is 4.90 Å². The molecule has 126 valence electrons. The molecular formula is C20H26N4. The summed E-state index contributed by atoms with van der Waals surface area (Å²) in [5, 5.41) is 0. The van der Waals surface area contributed by atoms with Crippen molar-refractivity contribution in [2.24, 2.45) is 0 Å². The van der Waals surface area contributed by atoms with Gasteiger partial charge in [0.2, 0.25) is 0 Å². The molecule has 3 heterocycles. The Morgan fingerprint density at radius 3 is 2.58 bits per heavy atom. The number of nitrogens with zero attached hydrogens (tertiary/aromatic N) is 4. The molecule has 0 spiro atoms. The quantitative estimate of drug-likeness (QED) is 0.864. The first-order valence-corrected chi connectivity index (χ1v) is 9.14. The average molecular weight is 322 g/mol. The van der Waals surface area contributed by atoms with Crippen LogP contribution in [0.2, 0.25) is 0 Å². The Kier molecular flexibility index (Phi) is 4.48. The van der Waals surface area contributed by atoms with Crippen molar-refractivity contribution in [2.45, 2.75) is 38.6 Å². The van der Waals surface area contributed by atoms with E-state index >= 15 is 0 Å². The summed E-state index contributed by atoms with van der Waals surface area (Å²) < 4.78 is 0. The predicted molar refractivity (Wildman–Crippen MR) is 97.3 cm³/mol. The monoisotopic (exact) mass is 322 g/mol. The van der Waals surface area contributed by atoms with Crippen molar-refractivity contribution in [3.05, 3.63) is 53.6 Å². The number of aryl methyl sites for hydroxylation is 1. The van der Waals surface area contributed by atoms with E-state index in [4.69, 9.17) is 0 Å². The fourth-order valence-electron chi connectivity index (χ4n) is 3.90. The summed E-state index contributed by atoms with van der Waals surface area (Å²) in [6.45, 7) is 7.70. The van der Waals surface area contributed by atoms with E-state index < -0.39 is 0 Å². The van der Waals surface area contributed by atoms with Gasteiger partial charge in [0.25, 0.3) is 0 Å². The summed E-state index contributed by atoms with van der Waals surface area (Å²) in [6.07, 6.45) is 5.71. The van der Waals surface area contributed by atoms with Crippen molar-refractivity contribution in [1.29, 1.82) is 0 Å². The first-order chi connectivity index (χ1) is 11.8. The van der Waals surface area contributed by atoms with E-state index in [9.17, 15) is 0 Å². The highest BCUT2D eigenvalue weighted by atomic mass is 15.2. The minimum absolute atomic E-state index is 0.480. The number of benzene rings is 1. The lowest BCUT2D eigenvalue weighted by atomic mass is 10.1. The summed E-state index contributed by atoms with van der Waals surface area (Å²) in [6, 6.07) is 11.1. The zero-order valence-corrected chi connectivity index (χ0v) is 14.5. The molecule has 4 rings (SSSR count). The van der Waals surface area contributed by atoms with Gasteiger partial charge >= 0.3 is 0 Å². The zero-order chi connectivity index (χ0) is 16.4. The Bertz CT molecular complexity index is 676. The fraction of sp³-hybridized carbons (Fsp3) is 0.500. The van der Waals surface area contributed by atoms with E-state index in [2.05, 4.69) is 44.0 Å². The smallest absolute Gasteiger partial charge is 0.132 e. The lowest BCUT2D eigenvalue weighted by molar-refractivity contribution is 0.325. The third-order valence-corrected chi connectivity index (χ3v) is 5.26. The molecule has 0 N–H and O–H groups in total. The Hall–Kier alpha value is -1.94. The minimum Gasteiger partial charge on any atom is -0.372 e. The second-order valence-corrected chi connectivity index (χ2v) is 7.14. The van der Waals surface area contributed by atoms with Crippen LogP contribution in [-0.2, 0) is 6.54 Å². The molecular weight excluding hydrogens is 296 g/mol. The van der Waals surface area contributed by atoms with Crippen molar-refractivity contribution in [1.82, 2.24) is 14.9 Å². The summed E-state index contributed by atoms with van der Waals surface area (Å²) in [7, 11) is 0. The molecule has 4 nitrogen and oxygen atoms in total. The standard InChI is InChI=1S/C20H26N4/c1-16-8-10-21-20(22-16)18-9-13-23(15-18)14-17-4-6-19(7-5-17)24-11-2-3-12-24/h4-8,10,18H,2-3,9,11-15H2,1H3. The van der Waals surface area contributed by atoms with E-state index in [1.807, 2.05) is 19.2 Å². The number of aromatic nitrogens is 2. The van der Waals surface area contributed by atoms with Gasteiger partial charge in [-0.2, -0.15) is 0 Å². The number of hydrogen-bond donors (Lipinski definition) is 0. The molecule has 2 aromatic rings. The minimum atomic E-state index is 0.480. The van der Waals surface area contributed by atoms with Crippen LogP contribution >= 0.6 is 0 Å². The van der Waals surface area contributed by atoms with Crippen LogP contribution in [0.1, 0.15) is 42.3 Å². The second kappa shape index (κ2) is 6.89. The normalized spacial score (nSPS) is 21.5. The Morgan fingerprint density at radius 2 is 1.83 bits per heavy atom. The van der Waals surface area contributed by atoms with E-state index in [0.717, 1.165) is 37.6 Å². The molecule has 1 atom stereocenters. The lowest BCUT2D eigenvalue weighted by Gasteiger charge is -2.19. The second-order valence-electron chi connectivity index (χ2n) is 7.14. The molecule has 0 bridgehead atoms. The SMILES string of the molecule is Cc1ccnc(C2CCN(Cc3ccc(N4CCCC4)cc3)C2)n1. The molecule has 2 fully saturated rings. The molecule has 0 radical (unpaired) electrons. The lowest BCUT2D eigenvalue weighted by Crippen LogP contribution is -2.20. The topological polar surface area (TPSA) is 32.3 Å². The van der Waals surface area contributed by atoms with Crippen molar-refractivity contribution in [3.8, 4) is 0 Å². The van der Waals surface area contributed by atoms with Gasteiger partial charge in [-0.05, 0) is 56.5 Å². The molecule has 24 heavy (non-hydrogen) atoms. The average Bonchev–Trinajstić information content (AvgIpc) is 3.27. The molecule has 0 aliphatic carbocycles. The van der Waals surface area contributed by atoms with Gasteiger partial charge in [-0.1, -0.05) is 12.1 Å². The number of anilines is 1. The summed E-state index contributed by atoms with van der Waals surface area (Å²) in [5.74, 6) is 1.50. The molecule has 0 amide bonds. The highest BCUT2D eigenvalue weighted by Crippen LogP contribution is 2.26. The zero-order valence-electron chi connectivity index (χ0n) is 14.5. The first kappa shape index (κ1) is 15.6. The van der Waals surface area contributed by atoms with Crippen LogP contribution in [0.4, 0.5) is 5.69 Å². The van der Waals surface area contributed by atoms with Crippen LogP contribution in [-0.4, -0.2) is 41.0 Å². The third-order valence-electron chi connectivity index (χ3n) is 5.26. The maximum absolute atomic E-state index is 4.61. The van der Waals surface area contributed by atoms with Crippen LogP contribution in [0.15, 0.2) is 36.5 Å². The molecule has 4 heteroatoms. The molecule has 1 aromatic carbocycles. The third kappa shape index (κ3) is 3.44. The van der Waals surface area contributed by atoms with Gasteiger partial charge in [0.05, 0.1) is 0 Å². The van der Waals surface area contributed by atoms with E-state index in [1.165, 1.54) is 37.2 Å². The Balaban J connectivity index is 1.36. The van der Waals surface area contributed by atoms with Crippen molar-refractivity contribution in [2.75, 3.05) is 31.1 Å². The van der Waals surface area contributed by atoms with E-state index in [-0.39, 0.29) is 0 Å². The highest BCUT2D eigenvalue weighted by Gasteiger charge is 2.26. The van der Waals surface area contributed by atoms with Crippen molar-refractivity contribution < 1.29 is 0 Å². The van der Waals surface area contributed by atoms with Crippen LogP contribution in [0.3, 0.4) is 0 Å². The fourth-order valence-corrected chi connectivity index (χ4v) is 3.90. The maximum atomic E-state index is 4.61. The van der Waals surface area contributed by atoms with Crippen LogP contribution < -0.4 is 4.90 Å². The number of rotatable bonds is 4. The summed E-state index contributed by atoms with van der Waals surface area (Å²) in [4.78, 5) is 14.1. The highest BCUT2D eigenvalue weighted by molar-refractivity contribution is 5.48. The van der Waals surface area contributed by atoms with Gasteiger partial charge in [-0.3, -0.25) is 4.90 Å². The number of hydrogen-bond acceptors (Lipinski definition) is 4. The first-order valence-electron chi connectivity index (χ1n) is 9.14. The summed E-state index contributed by atoms with van der Waals surface area (Å²) >= 11 is 0. The van der Waals surface area contributed by atoms with Gasteiger partial charge in [-0.25, -0.2) is 9.97 Å². The molecule has 2 saturated heterocycles. The Labute approximate surface area is 144 Å². The van der Waals surface area contributed by atoms with E-state index in [1.54, 1.807) is 0 Å². The van der Waals surface area contributed by atoms with E-state index in [0.29, 0.717) is 5.92 Å².